The monoisotopic (exact) mass is 1320 g/mol. The molecule has 1 aromatic heterocycles. The van der Waals surface area contributed by atoms with Crippen molar-refractivity contribution in [2.75, 3.05) is 92.5 Å². The predicted octanol–water partition coefficient (Wildman–Crippen LogP) is 8.06. The van der Waals surface area contributed by atoms with E-state index in [2.05, 4.69) is 95.6 Å². The van der Waals surface area contributed by atoms with Gasteiger partial charge >= 0.3 is 23.0 Å². The van der Waals surface area contributed by atoms with Crippen LogP contribution in [-0.4, -0.2) is 194 Å². The maximum absolute atomic E-state index is 12.3. The van der Waals surface area contributed by atoms with Crippen molar-refractivity contribution >= 4 is 20.4 Å². The van der Waals surface area contributed by atoms with E-state index in [1.165, 1.54) is 57.3 Å². The van der Waals surface area contributed by atoms with Gasteiger partial charge in [0.05, 0.1) is 141 Å². The molecule has 516 valence electrons. The van der Waals surface area contributed by atoms with Crippen molar-refractivity contribution in [3.8, 4) is 5.75 Å². The third kappa shape index (κ3) is 33.9. The molecule has 14 unspecified atom stereocenters. The van der Waals surface area contributed by atoms with Crippen LogP contribution in [0.1, 0.15) is 63.9 Å². The van der Waals surface area contributed by atoms with Crippen LogP contribution in [0.3, 0.4) is 0 Å². The Morgan fingerprint density at radius 2 is 1.06 bits per heavy atom. The summed E-state index contributed by atoms with van der Waals surface area (Å²) in [6.45, 7) is 45.2. The first-order chi connectivity index (χ1) is 45.1. The Hall–Kier alpha value is -5.90. The largest absolute Gasteiger partial charge is 0.499 e. The molecule has 14 rings (SSSR count). The number of benzene rings is 1. The number of hydrogen-bond acceptors (Lipinski definition) is 19. The van der Waals surface area contributed by atoms with E-state index < -0.39 is 25.4 Å². The summed E-state index contributed by atoms with van der Waals surface area (Å²) in [4.78, 5) is 47.0. The number of epoxide rings is 10. The van der Waals surface area contributed by atoms with Gasteiger partial charge in [-0.15, -0.1) is 32.9 Å². The summed E-state index contributed by atoms with van der Waals surface area (Å²) in [6, 6.07) is 7.85. The Balaban J connectivity index is 0.000000170. The van der Waals surface area contributed by atoms with Crippen LogP contribution in [0.5, 0.6) is 5.75 Å². The van der Waals surface area contributed by atoms with Gasteiger partial charge in [-0.25, -0.2) is 32.9 Å². The molecule has 0 bridgehead atoms. The molecule has 14 atom stereocenters. The lowest BCUT2D eigenvalue weighted by Gasteiger charge is -2.16. The third-order valence-corrected chi connectivity index (χ3v) is 17.4. The molecule has 93 heavy (non-hydrogen) atoms. The van der Waals surface area contributed by atoms with Gasteiger partial charge in [-0.1, -0.05) is 80.1 Å². The number of aromatic nitrogens is 3. The van der Waals surface area contributed by atoms with Gasteiger partial charge in [0.15, 0.2) is 0 Å². The Morgan fingerprint density at radius 1 is 0.570 bits per heavy atom. The van der Waals surface area contributed by atoms with Crippen LogP contribution in [0.4, 0.5) is 0 Å². The normalized spacial score (nSPS) is 28.4. The SMILES string of the molecule is C/C=C/C1CCC2OC2C1.C=CC(=O)OCC1CO1.C=CC1CCC2OC2C1.C=CCCC1CO1.C=CCOCC1CO1.C=CCn1c(=O)n(CC2CO2)c(=O)n(CC2CO2)c1=O.C=COCC1CO1.C=C[Si](C)(C)OCC1CO1.C=Cc1ccc(OCC2CO2)cc1. The number of carbonyl (C=O) groups is 1. The summed E-state index contributed by atoms with van der Waals surface area (Å²) >= 11 is 0. The van der Waals surface area contributed by atoms with Gasteiger partial charge in [-0.2, -0.15) is 0 Å². The van der Waals surface area contributed by atoms with E-state index in [-0.39, 0.29) is 43.9 Å². The number of carbonyl (C=O) groups excluding carboxylic acids is 1. The number of ether oxygens (including phenoxy) is 14. The molecule has 12 aliphatic rings. The van der Waals surface area contributed by atoms with E-state index in [9.17, 15) is 19.2 Å². The molecular formula is C70H103N3O19Si. The number of rotatable bonds is 29. The quantitative estimate of drug-likeness (QED) is 0.0142. The summed E-state index contributed by atoms with van der Waals surface area (Å²) in [7, 11) is -1.52. The molecule has 0 N–H and O–H groups in total. The van der Waals surface area contributed by atoms with Crippen molar-refractivity contribution in [1.82, 2.24) is 13.7 Å². The highest BCUT2D eigenvalue weighted by molar-refractivity contribution is 6.76. The number of esters is 1. The van der Waals surface area contributed by atoms with Gasteiger partial charge in [0.25, 0.3) is 0 Å². The molecule has 0 amide bonds. The van der Waals surface area contributed by atoms with Gasteiger partial charge < -0.3 is 70.7 Å². The zero-order valence-corrected chi connectivity index (χ0v) is 56.1. The van der Waals surface area contributed by atoms with Crippen LogP contribution in [-0.2, 0) is 90.4 Å². The fraction of sp³-hybridized carbons (Fsp3) is 0.600. The third-order valence-electron chi connectivity index (χ3n) is 15.5. The van der Waals surface area contributed by atoms with Gasteiger partial charge in [0.2, 0.25) is 8.32 Å². The predicted molar refractivity (Wildman–Crippen MR) is 358 cm³/mol. The molecule has 23 heteroatoms. The maximum atomic E-state index is 12.3. The molecule has 22 nitrogen and oxygen atoms in total. The van der Waals surface area contributed by atoms with Crippen LogP contribution in [0.15, 0.2) is 146 Å². The second kappa shape index (κ2) is 41.1. The highest BCUT2D eigenvalue weighted by Crippen LogP contribution is 2.40. The van der Waals surface area contributed by atoms with Crippen LogP contribution in [0.25, 0.3) is 6.08 Å². The van der Waals surface area contributed by atoms with E-state index in [1.54, 1.807) is 6.08 Å². The first kappa shape index (κ1) is 76.1. The Bertz CT molecular complexity index is 2770. The summed E-state index contributed by atoms with van der Waals surface area (Å²) in [5, 5.41) is 0. The maximum Gasteiger partial charge on any atom is 0.336 e. The standard InChI is InChI=1S/C12H15N3O5.C11H12O2.C9H14O.C8H12O.C7H14O2Si.C6H8O3.C6H10O2.C6H10O.C5H8O2/c1-2-3-13-10(16)14(4-8-6-19-8)12(18)15(11(13)17)5-9-7-20-9;1-2-9-3-5-10(6-4-9)12-7-11-8-13-11;1-2-3-7-4-5-8-9(6-7)10-8;1-2-6-3-4-7-8(5-6)9-7;1-4-10(2,3)9-6-7-5-8-7;1-2-6(7)9-4-5-3-8-5;1-2-3-7-4-6-5-8-6;1-2-3-4-6-5-7-6;1-2-6-3-5-4-7-5/h2,8-9H,1,3-7H2;2-6,11H,1,7-8H2;2-3,7-9H,4-6H2,1H3;2,6-8H,1,3-5H2;4,7H,1,5-6H2,2-3H3;2,5H,1,3-4H2;2,6H,1,3-5H2;2,6H,1,3-5H2;2,5H,1,3-4H2/b;;3-2+;;;;;;. The molecule has 11 heterocycles. The van der Waals surface area contributed by atoms with Gasteiger partial charge in [0.1, 0.15) is 56.1 Å². The van der Waals surface area contributed by atoms with E-state index in [1.807, 2.05) is 42.1 Å². The summed E-state index contributed by atoms with van der Waals surface area (Å²) in [5.74, 6) is 2.06. The highest BCUT2D eigenvalue weighted by atomic mass is 28.4. The molecule has 2 aliphatic carbocycles. The van der Waals surface area contributed by atoms with Crippen molar-refractivity contribution in [1.29, 1.82) is 0 Å². The molecule has 1 aromatic carbocycles. The van der Waals surface area contributed by atoms with Crippen molar-refractivity contribution < 1.29 is 75.5 Å². The summed E-state index contributed by atoms with van der Waals surface area (Å²) in [6.07, 6.45) is 30.5. The molecule has 12 fully saturated rings. The van der Waals surface area contributed by atoms with E-state index in [0.717, 1.165) is 95.6 Å². The number of fused-ring (bicyclic) bond motifs is 2. The highest BCUT2D eigenvalue weighted by Gasteiger charge is 2.44. The van der Waals surface area contributed by atoms with Crippen LogP contribution in [0.2, 0.25) is 13.1 Å². The second-order valence-electron chi connectivity index (χ2n) is 24.2. The topological polar surface area (TPSA) is 255 Å². The first-order valence-corrected chi connectivity index (χ1v) is 35.5. The average molecular weight is 1320 g/mol. The molecule has 2 saturated carbocycles. The lowest BCUT2D eigenvalue weighted by molar-refractivity contribution is -0.138. The first-order valence-electron chi connectivity index (χ1n) is 32.5. The Morgan fingerprint density at radius 3 is 1.52 bits per heavy atom. The molecule has 10 aliphatic heterocycles. The minimum Gasteiger partial charge on any atom is -0.499 e. The number of nitrogens with zero attached hydrogens (tertiary/aromatic N) is 3. The van der Waals surface area contributed by atoms with Crippen molar-refractivity contribution in [2.24, 2.45) is 11.8 Å². The fourth-order valence-corrected chi connectivity index (χ4v) is 9.61. The average Bonchev–Trinajstić information content (AvgIpc) is 0.978. The molecule has 10 saturated heterocycles. The zero-order valence-electron chi connectivity index (χ0n) is 55.1. The second-order valence-corrected chi connectivity index (χ2v) is 28.1. The van der Waals surface area contributed by atoms with Crippen molar-refractivity contribution in [3.63, 3.8) is 0 Å². The molecule has 0 spiro atoms. The van der Waals surface area contributed by atoms with E-state index in [4.69, 9.17) is 66.0 Å². The molecule has 2 aromatic rings. The van der Waals surface area contributed by atoms with E-state index >= 15 is 0 Å². The van der Waals surface area contributed by atoms with Crippen LogP contribution < -0.4 is 21.8 Å². The lowest BCUT2D eigenvalue weighted by Crippen LogP contribution is -2.55. The zero-order chi connectivity index (χ0) is 67.0. The van der Waals surface area contributed by atoms with Crippen LogP contribution >= 0.6 is 0 Å². The summed E-state index contributed by atoms with van der Waals surface area (Å²) < 4.78 is 79.1. The fourth-order valence-electron chi connectivity index (χ4n) is 8.87. The van der Waals surface area contributed by atoms with Crippen molar-refractivity contribution in [3.05, 3.63) is 168 Å². The van der Waals surface area contributed by atoms with Gasteiger partial charge in [0, 0.05) is 6.08 Å². The van der Waals surface area contributed by atoms with Gasteiger partial charge in [-0.05, 0) is 101 Å². The lowest BCUT2D eigenvalue weighted by atomic mass is 9.89. The van der Waals surface area contributed by atoms with Crippen molar-refractivity contribution in [2.45, 2.75) is 164 Å². The number of hydrogen-bond donors (Lipinski definition) is 0. The summed E-state index contributed by atoms with van der Waals surface area (Å²) in [5.41, 5.74) is 1.20. The van der Waals surface area contributed by atoms with Gasteiger partial charge in [-0.3, -0.25) is 0 Å². The molecule has 0 radical (unpaired) electrons. The smallest absolute Gasteiger partial charge is 0.336 e. The van der Waals surface area contributed by atoms with E-state index in [0.29, 0.717) is 101 Å². The number of allylic oxidation sites excluding steroid dienone is 5. The Labute approximate surface area is 550 Å². The van der Waals surface area contributed by atoms with Crippen LogP contribution in [0, 0.1) is 11.8 Å². The molecular weight excluding hydrogens is 1210 g/mol. The Kier molecular flexibility index (Phi) is 33.7. The minimum atomic E-state index is -1.52. The minimum absolute atomic E-state index is 0.0645.